The van der Waals surface area contributed by atoms with Crippen molar-refractivity contribution in [2.24, 2.45) is 5.73 Å². The molecule has 0 aliphatic rings. The van der Waals surface area contributed by atoms with Crippen LogP contribution in [0.1, 0.15) is 53.2 Å². The molecule has 0 radical (unpaired) electrons. The van der Waals surface area contributed by atoms with Gasteiger partial charge in [0.15, 0.2) is 0 Å². The molecule has 0 saturated heterocycles. The van der Waals surface area contributed by atoms with E-state index in [9.17, 15) is 4.79 Å². The molecular formula is C18H26ClN3O. The van der Waals surface area contributed by atoms with Gasteiger partial charge in [0.2, 0.25) is 0 Å². The fraction of sp³-hybridized carbons (Fsp3) is 0.389. The van der Waals surface area contributed by atoms with Gasteiger partial charge in [0.1, 0.15) is 0 Å². The molecule has 1 unspecified atom stereocenters. The number of nitrogens with zero attached hydrogens (tertiary/aromatic N) is 1. The summed E-state index contributed by atoms with van der Waals surface area (Å²) in [7, 11) is 0. The Morgan fingerprint density at radius 1 is 1.22 bits per heavy atom. The van der Waals surface area contributed by atoms with Crippen molar-refractivity contribution in [1.29, 1.82) is 0 Å². The van der Waals surface area contributed by atoms with Crippen LogP contribution in [0, 0.1) is 13.8 Å². The second-order valence-electron chi connectivity index (χ2n) is 5.98. The van der Waals surface area contributed by atoms with Crippen LogP contribution in [0.25, 0.3) is 0 Å². The van der Waals surface area contributed by atoms with E-state index in [0.29, 0.717) is 12.6 Å². The molecule has 4 nitrogen and oxygen atoms in total. The third kappa shape index (κ3) is 4.36. The molecule has 5 heteroatoms. The molecule has 0 bridgehead atoms. The van der Waals surface area contributed by atoms with Gasteiger partial charge in [-0.2, -0.15) is 0 Å². The molecule has 0 spiro atoms. The summed E-state index contributed by atoms with van der Waals surface area (Å²) in [5.41, 5.74) is 9.97. The largest absolute Gasteiger partial charge is 0.350 e. The molecular weight excluding hydrogens is 310 g/mol. The molecule has 1 aromatic heterocycles. The van der Waals surface area contributed by atoms with Gasteiger partial charge in [-0.25, -0.2) is 0 Å². The highest BCUT2D eigenvalue weighted by Crippen LogP contribution is 2.20. The van der Waals surface area contributed by atoms with Crippen LogP contribution in [0.4, 0.5) is 0 Å². The van der Waals surface area contributed by atoms with E-state index in [4.69, 9.17) is 5.73 Å². The number of amides is 1. The summed E-state index contributed by atoms with van der Waals surface area (Å²) in [5, 5.41) is 2.94. The van der Waals surface area contributed by atoms with Crippen molar-refractivity contribution in [2.45, 2.75) is 39.8 Å². The number of carbonyl (C=O) groups is 1. The van der Waals surface area contributed by atoms with Gasteiger partial charge in [-0.1, -0.05) is 30.3 Å². The van der Waals surface area contributed by atoms with Crippen molar-refractivity contribution in [3.8, 4) is 0 Å². The van der Waals surface area contributed by atoms with Gasteiger partial charge >= 0.3 is 0 Å². The van der Waals surface area contributed by atoms with Gasteiger partial charge < -0.3 is 15.6 Å². The molecule has 2 aromatic rings. The van der Waals surface area contributed by atoms with Crippen molar-refractivity contribution in [2.75, 3.05) is 6.54 Å². The number of hydrogen-bond acceptors (Lipinski definition) is 2. The van der Waals surface area contributed by atoms with Crippen LogP contribution in [0.5, 0.6) is 0 Å². The number of nitrogens with one attached hydrogen (secondary N) is 1. The number of aromatic nitrogens is 1. The topological polar surface area (TPSA) is 60.1 Å². The quantitative estimate of drug-likeness (QED) is 0.878. The maximum atomic E-state index is 12.4. The van der Waals surface area contributed by atoms with Crippen molar-refractivity contribution >= 4 is 18.3 Å². The minimum atomic E-state index is -0.196. The Bertz CT molecular complexity index is 650. The average Bonchev–Trinajstić information content (AvgIpc) is 2.80. The summed E-state index contributed by atoms with van der Waals surface area (Å²) < 4.78 is 2.17. The molecule has 1 heterocycles. The smallest absolute Gasteiger partial charge is 0.253 e. The van der Waals surface area contributed by atoms with Crippen LogP contribution in [0.2, 0.25) is 0 Å². The number of rotatable bonds is 5. The van der Waals surface area contributed by atoms with Crippen LogP contribution in [-0.4, -0.2) is 17.0 Å². The van der Waals surface area contributed by atoms with E-state index in [1.165, 1.54) is 0 Å². The maximum Gasteiger partial charge on any atom is 0.253 e. The molecule has 1 atom stereocenters. The maximum absolute atomic E-state index is 12.4. The molecule has 0 aliphatic carbocycles. The van der Waals surface area contributed by atoms with Crippen LogP contribution in [0.3, 0.4) is 0 Å². The van der Waals surface area contributed by atoms with Gasteiger partial charge in [-0.3, -0.25) is 4.79 Å². The minimum absolute atomic E-state index is 0. The Kier molecular flexibility index (Phi) is 6.85. The first-order valence-corrected chi connectivity index (χ1v) is 7.69. The lowest BCUT2D eigenvalue weighted by Crippen LogP contribution is -2.32. The third-order valence-electron chi connectivity index (χ3n) is 3.96. The molecule has 1 aromatic carbocycles. The first-order valence-electron chi connectivity index (χ1n) is 7.69. The zero-order chi connectivity index (χ0) is 16.3. The first kappa shape index (κ1) is 19.3. The molecule has 23 heavy (non-hydrogen) atoms. The number of carbonyl (C=O) groups excluding carboxylic acids is 1. The average molecular weight is 336 g/mol. The number of aryl methyl sites for hydroxylation is 1. The van der Waals surface area contributed by atoms with Gasteiger partial charge in [0.05, 0.1) is 5.56 Å². The summed E-state index contributed by atoms with van der Waals surface area (Å²) >= 11 is 0. The lowest BCUT2D eigenvalue weighted by molar-refractivity contribution is 0.0950. The van der Waals surface area contributed by atoms with Crippen LogP contribution in [-0.2, 0) is 0 Å². The van der Waals surface area contributed by atoms with Crippen molar-refractivity contribution in [3.05, 3.63) is 58.9 Å². The molecule has 1 amide bonds. The standard InChI is InChI=1S/C18H25N3O.ClH/c1-12(2)21-13(3)10-16(14(21)4)18(22)20-11-17(19)15-8-6-5-7-9-15;/h5-10,12,17H,11,19H2,1-4H3,(H,20,22);1H. The van der Waals surface area contributed by atoms with Crippen LogP contribution >= 0.6 is 12.4 Å². The van der Waals surface area contributed by atoms with E-state index in [0.717, 1.165) is 22.5 Å². The van der Waals surface area contributed by atoms with E-state index >= 15 is 0 Å². The Balaban J connectivity index is 0.00000264. The number of halogens is 1. The lowest BCUT2D eigenvalue weighted by atomic mass is 10.1. The van der Waals surface area contributed by atoms with Gasteiger partial charge in [0.25, 0.3) is 5.91 Å². The molecule has 0 aliphatic heterocycles. The molecule has 126 valence electrons. The molecule has 3 N–H and O–H groups in total. The predicted octanol–water partition coefficient (Wildman–Crippen LogP) is 3.54. The zero-order valence-electron chi connectivity index (χ0n) is 14.2. The minimum Gasteiger partial charge on any atom is -0.350 e. The Hall–Kier alpha value is -1.78. The fourth-order valence-corrected chi connectivity index (χ4v) is 2.92. The highest BCUT2D eigenvalue weighted by atomic mass is 35.5. The van der Waals surface area contributed by atoms with Crippen molar-refractivity contribution in [3.63, 3.8) is 0 Å². The number of nitrogens with two attached hydrogens (primary N) is 1. The Morgan fingerprint density at radius 3 is 2.35 bits per heavy atom. The summed E-state index contributed by atoms with van der Waals surface area (Å²) in [6.45, 7) is 8.67. The summed E-state index contributed by atoms with van der Waals surface area (Å²) in [6.07, 6.45) is 0. The van der Waals surface area contributed by atoms with E-state index < -0.39 is 0 Å². The van der Waals surface area contributed by atoms with Gasteiger partial charge in [-0.15, -0.1) is 12.4 Å². The van der Waals surface area contributed by atoms with Crippen molar-refractivity contribution < 1.29 is 4.79 Å². The van der Waals surface area contributed by atoms with E-state index in [-0.39, 0.29) is 24.4 Å². The van der Waals surface area contributed by atoms with Gasteiger partial charge in [-0.05, 0) is 39.3 Å². The zero-order valence-corrected chi connectivity index (χ0v) is 15.0. The van der Waals surface area contributed by atoms with Crippen molar-refractivity contribution in [1.82, 2.24) is 9.88 Å². The molecule has 0 fully saturated rings. The summed E-state index contributed by atoms with van der Waals surface area (Å²) in [4.78, 5) is 12.4. The van der Waals surface area contributed by atoms with E-state index in [1.807, 2.05) is 50.2 Å². The normalized spacial score (nSPS) is 11.9. The molecule has 0 saturated carbocycles. The molecule has 2 rings (SSSR count). The lowest BCUT2D eigenvalue weighted by Gasteiger charge is -2.15. The Labute approximate surface area is 144 Å². The second kappa shape index (κ2) is 8.18. The highest BCUT2D eigenvalue weighted by molar-refractivity contribution is 5.95. The SMILES string of the molecule is Cc1cc(C(=O)NCC(N)c2ccccc2)c(C)n1C(C)C.Cl. The van der Waals surface area contributed by atoms with E-state index in [2.05, 4.69) is 23.7 Å². The van der Waals surface area contributed by atoms with Gasteiger partial charge in [0, 0.05) is 30.0 Å². The summed E-state index contributed by atoms with van der Waals surface area (Å²) in [5.74, 6) is -0.0635. The number of benzene rings is 1. The summed E-state index contributed by atoms with van der Waals surface area (Å²) in [6, 6.07) is 11.9. The Morgan fingerprint density at radius 2 is 1.83 bits per heavy atom. The second-order valence-corrected chi connectivity index (χ2v) is 5.98. The third-order valence-corrected chi connectivity index (χ3v) is 3.96. The first-order chi connectivity index (χ1) is 10.4. The fourth-order valence-electron chi connectivity index (χ4n) is 2.92. The monoisotopic (exact) mass is 335 g/mol. The predicted molar refractivity (Wildman–Crippen MR) is 97.2 cm³/mol. The van der Waals surface area contributed by atoms with Crippen LogP contribution < -0.4 is 11.1 Å². The highest BCUT2D eigenvalue weighted by Gasteiger charge is 2.17. The van der Waals surface area contributed by atoms with E-state index in [1.54, 1.807) is 0 Å². The number of hydrogen-bond donors (Lipinski definition) is 2. The van der Waals surface area contributed by atoms with Crippen LogP contribution in [0.15, 0.2) is 36.4 Å².